The highest BCUT2D eigenvalue weighted by atomic mass is 16.5. The summed E-state index contributed by atoms with van der Waals surface area (Å²) >= 11 is 0. The average molecular weight is 459 g/mol. The van der Waals surface area contributed by atoms with Crippen LogP contribution >= 0.6 is 0 Å². The molecule has 1 saturated carbocycles. The van der Waals surface area contributed by atoms with Crippen molar-refractivity contribution in [2.45, 2.75) is 70.9 Å². The van der Waals surface area contributed by atoms with E-state index in [1.54, 1.807) is 17.1 Å². The summed E-state index contributed by atoms with van der Waals surface area (Å²) in [5, 5.41) is 16.3. The smallest absolute Gasteiger partial charge is 0.407 e. The topological polar surface area (TPSA) is 116 Å². The molecule has 2 aromatic rings. The molecule has 2 N–H and O–H groups in total. The Bertz CT molecular complexity index is 912. The monoisotopic (exact) mass is 458 g/mol. The van der Waals surface area contributed by atoms with Gasteiger partial charge in [0.05, 0.1) is 49.0 Å². The zero-order valence-corrected chi connectivity index (χ0v) is 19.5. The van der Waals surface area contributed by atoms with Crippen molar-refractivity contribution in [3.8, 4) is 17.0 Å². The number of nitrogens with zero attached hydrogens (tertiary/aromatic N) is 3. The van der Waals surface area contributed by atoms with Crippen LogP contribution in [0.25, 0.3) is 11.3 Å². The molecule has 1 unspecified atom stereocenters. The van der Waals surface area contributed by atoms with E-state index in [0.717, 1.165) is 49.8 Å². The highest BCUT2D eigenvalue weighted by Gasteiger charge is 2.28. The molecule has 0 aliphatic heterocycles. The Kier molecular flexibility index (Phi) is 9.09. The zero-order chi connectivity index (χ0) is 23.6. The minimum atomic E-state index is -0.755. The first kappa shape index (κ1) is 24.5. The lowest BCUT2D eigenvalue weighted by molar-refractivity contribution is -0.143. The number of rotatable bonds is 11. The quantitative estimate of drug-likeness (QED) is 0.482. The molecule has 0 radical (unpaired) electrons. The van der Waals surface area contributed by atoms with Crippen LogP contribution in [0.4, 0.5) is 4.79 Å². The summed E-state index contributed by atoms with van der Waals surface area (Å²) < 4.78 is 12.9. The summed E-state index contributed by atoms with van der Waals surface area (Å²) in [6.07, 6.45) is 9.94. The Hall–Kier alpha value is -3.10. The molecule has 1 fully saturated rings. The molecule has 9 nitrogen and oxygen atoms in total. The number of hydrogen-bond donors (Lipinski definition) is 2. The number of aromatic nitrogens is 3. The van der Waals surface area contributed by atoms with Gasteiger partial charge in [0.2, 0.25) is 0 Å². The Morgan fingerprint density at radius 2 is 2.06 bits per heavy atom. The summed E-state index contributed by atoms with van der Waals surface area (Å²) in [4.78, 5) is 27.8. The minimum absolute atomic E-state index is 0.112. The van der Waals surface area contributed by atoms with Crippen molar-refractivity contribution in [2.24, 2.45) is 13.0 Å². The van der Waals surface area contributed by atoms with E-state index in [1.807, 2.05) is 19.2 Å². The number of ether oxygens (including phenoxy) is 2. The van der Waals surface area contributed by atoms with E-state index in [9.17, 15) is 14.7 Å². The number of amides is 1. The van der Waals surface area contributed by atoms with Crippen LogP contribution in [-0.2, 0) is 23.1 Å². The second-order valence-corrected chi connectivity index (χ2v) is 8.50. The predicted molar refractivity (Wildman–Crippen MR) is 123 cm³/mol. The van der Waals surface area contributed by atoms with Crippen molar-refractivity contribution < 1.29 is 24.2 Å². The molecule has 180 valence electrons. The number of hydrogen-bond acceptors (Lipinski definition) is 6. The van der Waals surface area contributed by atoms with E-state index in [2.05, 4.69) is 22.3 Å². The molecule has 3 rings (SSSR count). The predicted octanol–water partition coefficient (Wildman–Crippen LogP) is 4.31. The Morgan fingerprint density at radius 3 is 2.79 bits per heavy atom. The highest BCUT2D eigenvalue weighted by Crippen LogP contribution is 2.29. The highest BCUT2D eigenvalue weighted by molar-refractivity contribution is 5.70. The van der Waals surface area contributed by atoms with E-state index in [0.29, 0.717) is 30.9 Å². The van der Waals surface area contributed by atoms with Crippen LogP contribution in [0.2, 0.25) is 0 Å². The van der Waals surface area contributed by atoms with Crippen LogP contribution < -0.4 is 10.1 Å². The first-order valence-electron chi connectivity index (χ1n) is 11.7. The van der Waals surface area contributed by atoms with Crippen LogP contribution in [0.3, 0.4) is 0 Å². The van der Waals surface area contributed by atoms with Crippen molar-refractivity contribution >= 4 is 12.1 Å². The van der Waals surface area contributed by atoms with E-state index in [1.165, 1.54) is 0 Å². The minimum Gasteiger partial charge on any atom is -0.489 e. The summed E-state index contributed by atoms with van der Waals surface area (Å²) in [5.74, 6) is -0.482. The molecule has 0 aromatic carbocycles. The largest absolute Gasteiger partial charge is 0.489 e. The maximum absolute atomic E-state index is 12.0. The number of carboxylic acid groups (broad SMARTS) is 1. The van der Waals surface area contributed by atoms with Gasteiger partial charge in [-0.25, -0.2) is 4.79 Å². The Balaban J connectivity index is 1.55. The molecule has 1 amide bonds. The van der Waals surface area contributed by atoms with Gasteiger partial charge in [-0.2, -0.15) is 5.10 Å². The number of unbranched alkanes of at least 4 members (excludes halogenated alkanes) is 3. The Labute approximate surface area is 194 Å². The van der Waals surface area contributed by atoms with Crippen LogP contribution in [0.5, 0.6) is 5.75 Å². The lowest BCUT2D eigenvalue weighted by Crippen LogP contribution is -2.29. The standard InChI is InChI=1S/C24H34N4O5/c1-3-4-5-6-12-32-24(31)26-16-22-20(15-27-28(22)2)21-11-10-19(14-25-21)33-18-9-7-8-17(13-18)23(29)30/h10-11,14-15,17-18H,3-9,12-13,16H2,1-2H3,(H,26,31)(H,29,30)/t17?,18-/m0/s1. The number of aliphatic carboxylic acids is 1. The lowest BCUT2D eigenvalue weighted by atomic mass is 9.87. The van der Waals surface area contributed by atoms with Gasteiger partial charge in [0.1, 0.15) is 5.75 Å². The van der Waals surface area contributed by atoms with Gasteiger partial charge in [-0.05, 0) is 44.2 Å². The summed E-state index contributed by atoms with van der Waals surface area (Å²) in [5.41, 5.74) is 2.35. The second-order valence-electron chi connectivity index (χ2n) is 8.50. The number of alkyl carbamates (subject to hydrolysis) is 1. The van der Waals surface area contributed by atoms with Crippen molar-refractivity contribution in [3.63, 3.8) is 0 Å². The van der Waals surface area contributed by atoms with Gasteiger partial charge in [-0.15, -0.1) is 0 Å². The molecule has 2 aromatic heterocycles. The van der Waals surface area contributed by atoms with E-state index < -0.39 is 12.1 Å². The number of nitrogens with one attached hydrogen (secondary N) is 1. The molecule has 0 spiro atoms. The average Bonchev–Trinajstić information content (AvgIpc) is 3.18. The SMILES string of the molecule is CCCCCCOC(=O)NCc1c(-c2ccc(O[C@H]3CCCC(C(=O)O)C3)cn2)cnn1C. The van der Waals surface area contributed by atoms with Crippen LogP contribution in [0.1, 0.15) is 64.0 Å². The Morgan fingerprint density at radius 1 is 1.21 bits per heavy atom. The van der Waals surface area contributed by atoms with Gasteiger partial charge in [0.25, 0.3) is 0 Å². The first-order chi connectivity index (χ1) is 16.0. The van der Waals surface area contributed by atoms with E-state index in [-0.39, 0.29) is 18.6 Å². The summed E-state index contributed by atoms with van der Waals surface area (Å²) in [6.45, 7) is 2.83. The number of carboxylic acids is 1. The molecular weight excluding hydrogens is 424 g/mol. The molecule has 9 heteroatoms. The molecule has 1 aliphatic rings. The third-order valence-corrected chi connectivity index (χ3v) is 5.98. The third kappa shape index (κ3) is 7.20. The van der Waals surface area contributed by atoms with E-state index >= 15 is 0 Å². The van der Waals surface area contributed by atoms with Crippen LogP contribution in [-0.4, -0.2) is 44.6 Å². The fourth-order valence-electron chi connectivity index (χ4n) is 4.07. The summed E-state index contributed by atoms with van der Waals surface area (Å²) in [7, 11) is 1.82. The van der Waals surface area contributed by atoms with Crippen molar-refractivity contribution in [1.29, 1.82) is 0 Å². The fraction of sp³-hybridized carbons (Fsp3) is 0.583. The van der Waals surface area contributed by atoms with Gasteiger partial charge < -0.3 is 19.9 Å². The van der Waals surface area contributed by atoms with Crippen molar-refractivity contribution in [3.05, 3.63) is 30.2 Å². The molecule has 0 saturated heterocycles. The maximum atomic E-state index is 12.0. The van der Waals surface area contributed by atoms with Crippen molar-refractivity contribution in [2.75, 3.05) is 6.61 Å². The van der Waals surface area contributed by atoms with Gasteiger partial charge in [0, 0.05) is 12.6 Å². The fourth-order valence-corrected chi connectivity index (χ4v) is 4.07. The molecule has 2 atom stereocenters. The van der Waals surface area contributed by atoms with Crippen LogP contribution in [0.15, 0.2) is 24.5 Å². The lowest BCUT2D eigenvalue weighted by Gasteiger charge is -2.27. The molecular formula is C24H34N4O5. The van der Waals surface area contributed by atoms with Gasteiger partial charge in [0.15, 0.2) is 0 Å². The van der Waals surface area contributed by atoms with Gasteiger partial charge in [-0.3, -0.25) is 14.5 Å². The number of aryl methyl sites for hydroxylation is 1. The third-order valence-electron chi connectivity index (χ3n) is 5.98. The normalized spacial score (nSPS) is 18.0. The number of carbonyl (C=O) groups is 2. The number of pyridine rings is 1. The molecule has 1 aliphatic carbocycles. The number of carbonyl (C=O) groups excluding carboxylic acids is 1. The molecule has 0 bridgehead atoms. The molecule has 33 heavy (non-hydrogen) atoms. The van der Waals surface area contributed by atoms with Gasteiger partial charge >= 0.3 is 12.1 Å². The second kappa shape index (κ2) is 12.2. The zero-order valence-electron chi connectivity index (χ0n) is 19.5. The first-order valence-corrected chi connectivity index (χ1v) is 11.7. The van der Waals surface area contributed by atoms with E-state index in [4.69, 9.17) is 9.47 Å². The maximum Gasteiger partial charge on any atom is 0.407 e. The van der Waals surface area contributed by atoms with Crippen molar-refractivity contribution in [1.82, 2.24) is 20.1 Å². The van der Waals surface area contributed by atoms with Gasteiger partial charge in [-0.1, -0.05) is 26.2 Å². The summed E-state index contributed by atoms with van der Waals surface area (Å²) in [6, 6.07) is 3.68. The molecule has 2 heterocycles. The van der Waals surface area contributed by atoms with Crippen LogP contribution in [0, 0.1) is 5.92 Å².